The summed E-state index contributed by atoms with van der Waals surface area (Å²) in [4.78, 5) is 23.3. The molecule has 1 aliphatic rings. The minimum Gasteiger partial charge on any atom is -0.493 e. The Labute approximate surface area is 208 Å². The van der Waals surface area contributed by atoms with E-state index in [1.54, 1.807) is 19.1 Å². The van der Waals surface area contributed by atoms with Crippen LogP contribution in [0, 0.1) is 12.8 Å². The van der Waals surface area contributed by atoms with Gasteiger partial charge in [-0.3, -0.25) is 5.32 Å². The Bertz CT molecular complexity index is 1330. The number of piperidine rings is 1. The molecule has 0 aliphatic carbocycles. The highest BCUT2D eigenvalue weighted by molar-refractivity contribution is 5.98. The first kappa shape index (κ1) is 23.5. The van der Waals surface area contributed by atoms with Crippen LogP contribution in [0.5, 0.6) is 5.75 Å². The number of ether oxygens (including phenoxy) is 1. The number of likely N-dealkylation sites (tertiary alicyclic amines) is 1. The SMILES string of the molecule is Cc1nnc(NC(=O)Nc2ccc(Nc3ncnc4cc(OCC5CCN(C)CC5)ccc34)cc2)o1. The zero-order valence-electron chi connectivity index (χ0n) is 20.2. The maximum atomic E-state index is 12.1. The Hall–Kier alpha value is -4.25. The molecule has 0 saturated carbocycles. The number of rotatable bonds is 7. The molecule has 4 aromatic rings. The van der Waals surface area contributed by atoms with Crippen LogP contribution in [0.2, 0.25) is 0 Å². The van der Waals surface area contributed by atoms with Crippen molar-refractivity contribution in [2.45, 2.75) is 19.8 Å². The number of carbonyl (C=O) groups excluding carboxylic acids is 1. The zero-order valence-corrected chi connectivity index (χ0v) is 20.2. The second-order valence-electron chi connectivity index (χ2n) is 8.87. The molecule has 0 bridgehead atoms. The molecule has 0 unspecified atom stereocenters. The van der Waals surface area contributed by atoms with Crippen LogP contribution >= 0.6 is 0 Å². The summed E-state index contributed by atoms with van der Waals surface area (Å²) in [5, 5.41) is 16.8. The second kappa shape index (κ2) is 10.6. The Kier molecular flexibility index (Phi) is 6.89. The minimum absolute atomic E-state index is 0.0364. The quantitative estimate of drug-likeness (QED) is 0.346. The molecule has 2 aromatic carbocycles. The number of carbonyl (C=O) groups is 1. The molecule has 1 saturated heterocycles. The molecule has 5 rings (SSSR count). The fourth-order valence-corrected chi connectivity index (χ4v) is 4.05. The van der Waals surface area contributed by atoms with Crippen LogP contribution in [0.25, 0.3) is 10.9 Å². The van der Waals surface area contributed by atoms with Crippen molar-refractivity contribution < 1.29 is 13.9 Å². The van der Waals surface area contributed by atoms with Gasteiger partial charge in [0, 0.05) is 29.8 Å². The van der Waals surface area contributed by atoms with E-state index in [9.17, 15) is 4.79 Å². The van der Waals surface area contributed by atoms with Crippen LogP contribution in [-0.2, 0) is 0 Å². The average molecular weight is 489 g/mol. The molecule has 36 heavy (non-hydrogen) atoms. The van der Waals surface area contributed by atoms with Crippen molar-refractivity contribution in [1.29, 1.82) is 0 Å². The number of amides is 2. The monoisotopic (exact) mass is 488 g/mol. The highest BCUT2D eigenvalue weighted by Crippen LogP contribution is 2.27. The van der Waals surface area contributed by atoms with E-state index in [1.807, 2.05) is 30.3 Å². The summed E-state index contributed by atoms with van der Waals surface area (Å²) in [6.07, 6.45) is 3.86. The van der Waals surface area contributed by atoms with Gasteiger partial charge < -0.3 is 24.7 Å². The van der Waals surface area contributed by atoms with Gasteiger partial charge in [-0.15, -0.1) is 5.10 Å². The third-order valence-electron chi connectivity index (χ3n) is 6.08. The van der Waals surface area contributed by atoms with Crippen LogP contribution in [0.3, 0.4) is 0 Å². The summed E-state index contributed by atoms with van der Waals surface area (Å²) in [5.41, 5.74) is 2.23. The molecule has 0 radical (unpaired) electrons. The predicted molar refractivity (Wildman–Crippen MR) is 137 cm³/mol. The van der Waals surface area contributed by atoms with E-state index in [1.165, 1.54) is 6.33 Å². The van der Waals surface area contributed by atoms with E-state index in [0.717, 1.165) is 54.9 Å². The highest BCUT2D eigenvalue weighted by Gasteiger charge is 2.17. The molecule has 3 heterocycles. The van der Waals surface area contributed by atoms with E-state index in [-0.39, 0.29) is 6.01 Å². The van der Waals surface area contributed by atoms with E-state index in [2.05, 4.69) is 48.1 Å². The first-order valence-electron chi connectivity index (χ1n) is 11.8. The van der Waals surface area contributed by atoms with E-state index < -0.39 is 6.03 Å². The van der Waals surface area contributed by atoms with E-state index in [4.69, 9.17) is 9.15 Å². The van der Waals surface area contributed by atoms with Crippen molar-refractivity contribution >= 4 is 40.1 Å². The van der Waals surface area contributed by atoms with Gasteiger partial charge in [0.05, 0.1) is 12.1 Å². The lowest BCUT2D eigenvalue weighted by atomic mass is 9.98. The van der Waals surface area contributed by atoms with Gasteiger partial charge in [-0.2, -0.15) is 0 Å². The molecular weight excluding hydrogens is 460 g/mol. The maximum absolute atomic E-state index is 12.1. The van der Waals surface area contributed by atoms with Gasteiger partial charge in [0.25, 0.3) is 0 Å². The standard InChI is InChI=1S/C25H28N8O3/c1-16-31-32-25(36-16)30-24(34)29-19-5-3-18(4-6-19)28-23-21-8-7-20(13-22(21)26-15-27-23)35-14-17-9-11-33(2)12-10-17/h3-8,13,15,17H,9-12,14H2,1-2H3,(H,26,27,28)(H2,29,30,32,34). The molecule has 3 N–H and O–H groups in total. The van der Waals surface area contributed by atoms with Gasteiger partial charge in [-0.1, -0.05) is 5.10 Å². The largest absolute Gasteiger partial charge is 0.493 e. The fourth-order valence-electron chi connectivity index (χ4n) is 4.05. The molecule has 11 nitrogen and oxygen atoms in total. The van der Waals surface area contributed by atoms with Crippen LogP contribution < -0.4 is 20.7 Å². The van der Waals surface area contributed by atoms with Gasteiger partial charge in [-0.25, -0.2) is 14.8 Å². The summed E-state index contributed by atoms with van der Waals surface area (Å²) < 4.78 is 11.2. The number of fused-ring (bicyclic) bond motifs is 1. The number of urea groups is 1. The van der Waals surface area contributed by atoms with Crippen molar-refractivity contribution in [2.75, 3.05) is 42.7 Å². The van der Waals surface area contributed by atoms with Crippen LogP contribution in [0.15, 0.2) is 53.2 Å². The zero-order chi connectivity index (χ0) is 24.9. The maximum Gasteiger partial charge on any atom is 0.327 e. The Morgan fingerprint density at radius 2 is 1.83 bits per heavy atom. The number of nitrogens with zero attached hydrogens (tertiary/aromatic N) is 5. The summed E-state index contributed by atoms with van der Waals surface area (Å²) >= 11 is 0. The number of nitrogens with one attached hydrogen (secondary N) is 3. The molecule has 2 aromatic heterocycles. The topological polar surface area (TPSA) is 130 Å². The van der Waals surface area contributed by atoms with Crippen molar-refractivity contribution in [2.24, 2.45) is 5.92 Å². The average Bonchev–Trinajstić information content (AvgIpc) is 3.29. The second-order valence-corrected chi connectivity index (χ2v) is 8.87. The Morgan fingerprint density at radius 1 is 1.06 bits per heavy atom. The number of aromatic nitrogens is 4. The van der Waals surface area contributed by atoms with E-state index >= 15 is 0 Å². The molecular formula is C25H28N8O3. The summed E-state index contributed by atoms with van der Waals surface area (Å²) in [5.74, 6) is 2.46. The Morgan fingerprint density at radius 3 is 2.58 bits per heavy atom. The van der Waals surface area contributed by atoms with Crippen molar-refractivity contribution in [3.63, 3.8) is 0 Å². The molecule has 2 amide bonds. The first-order chi connectivity index (χ1) is 17.5. The van der Waals surface area contributed by atoms with Gasteiger partial charge in [0.2, 0.25) is 5.89 Å². The lowest BCUT2D eigenvalue weighted by molar-refractivity contribution is 0.160. The molecule has 1 aliphatic heterocycles. The summed E-state index contributed by atoms with van der Waals surface area (Å²) in [6.45, 7) is 4.62. The van der Waals surface area contributed by atoms with Crippen LogP contribution in [-0.4, -0.2) is 57.8 Å². The molecule has 0 spiro atoms. The first-order valence-corrected chi connectivity index (χ1v) is 11.8. The lowest BCUT2D eigenvalue weighted by Gasteiger charge is -2.28. The molecule has 11 heteroatoms. The third-order valence-corrected chi connectivity index (χ3v) is 6.08. The number of benzene rings is 2. The summed E-state index contributed by atoms with van der Waals surface area (Å²) in [6, 6.07) is 12.7. The van der Waals surface area contributed by atoms with Crippen molar-refractivity contribution in [1.82, 2.24) is 25.1 Å². The Balaban J connectivity index is 1.20. The highest BCUT2D eigenvalue weighted by atomic mass is 16.5. The number of hydrogen-bond donors (Lipinski definition) is 3. The normalized spacial score (nSPS) is 14.5. The molecule has 1 fully saturated rings. The predicted octanol–water partition coefficient (Wildman–Crippen LogP) is 4.43. The minimum atomic E-state index is -0.477. The smallest absolute Gasteiger partial charge is 0.327 e. The van der Waals surface area contributed by atoms with Gasteiger partial charge in [0.15, 0.2) is 0 Å². The fraction of sp³-hybridized carbons (Fsp3) is 0.320. The van der Waals surface area contributed by atoms with Crippen molar-refractivity contribution in [3.8, 4) is 5.75 Å². The van der Waals surface area contributed by atoms with Crippen LogP contribution in [0.4, 0.5) is 28.0 Å². The number of anilines is 4. The van der Waals surface area contributed by atoms with Gasteiger partial charge in [-0.05, 0) is 75.3 Å². The lowest BCUT2D eigenvalue weighted by Crippen LogP contribution is -2.32. The summed E-state index contributed by atoms with van der Waals surface area (Å²) in [7, 11) is 2.16. The van der Waals surface area contributed by atoms with E-state index in [0.29, 0.717) is 23.3 Å². The van der Waals surface area contributed by atoms with Crippen molar-refractivity contribution in [3.05, 3.63) is 54.7 Å². The third kappa shape index (κ3) is 5.87. The van der Waals surface area contributed by atoms with Crippen LogP contribution in [0.1, 0.15) is 18.7 Å². The number of hydrogen-bond acceptors (Lipinski definition) is 9. The number of aryl methyl sites for hydroxylation is 1. The molecule has 186 valence electrons. The molecule has 0 atom stereocenters. The van der Waals surface area contributed by atoms with Gasteiger partial charge >= 0.3 is 12.0 Å². The van der Waals surface area contributed by atoms with Gasteiger partial charge in [0.1, 0.15) is 17.9 Å².